The number of rotatable bonds is 5. The van der Waals surface area contributed by atoms with Gasteiger partial charge in [0, 0.05) is 22.8 Å². The predicted molar refractivity (Wildman–Crippen MR) is 107 cm³/mol. The van der Waals surface area contributed by atoms with Crippen molar-refractivity contribution in [2.45, 2.75) is 18.4 Å². The average molecular weight is 364 g/mol. The molecule has 2 aromatic carbocycles. The summed E-state index contributed by atoms with van der Waals surface area (Å²) in [5, 5.41) is 2.88. The number of nitrogens with one attached hydrogen (secondary N) is 1. The first-order chi connectivity index (χ1) is 12.5. The molecule has 0 aliphatic carbocycles. The molecule has 0 aliphatic rings. The summed E-state index contributed by atoms with van der Waals surface area (Å²) in [6.45, 7) is 2.45. The van der Waals surface area contributed by atoms with E-state index in [2.05, 4.69) is 5.32 Å². The summed E-state index contributed by atoms with van der Waals surface area (Å²) >= 11 is 1.62. The first-order valence-corrected chi connectivity index (χ1v) is 9.49. The summed E-state index contributed by atoms with van der Waals surface area (Å²) in [5.41, 5.74) is 3.24. The molecule has 5 heteroatoms. The van der Waals surface area contributed by atoms with Crippen LogP contribution in [0.15, 0.2) is 76.6 Å². The third kappa shape index (κ3) is 4.43. The summed E-state index contributed by atoms with van der Waals surface area (Å²) < 4.78 is 1.55. The number of aryl methyl sites for hydroxylation is 1. The maximum Gasteiger partial charge on any atom is 0.257 e. The summed E-state index contributed by atoms with van der Waals surface area (Å²) in [6, 6.07) is 18.6. The largest absolute Gasteiger partial charge is 0.322 e. The van der Waals surface area contributed by atoms with Crippen LogP contribution in [0.5, 0.6) is 0 Å². The zero-order valence-electron chi connectivity index (χ0n) is 14.7. The van der Waals surface area contributed by atoms with Crippen molar-refractivity contribution in [3.05, 3.63) is 93.9 Å². The van der Waals surface area contributed by atoms with Crippen molar-refractivity contribution in [1.82, 2.24) is 4.57 Å². The molecule has 0 unspecified atom stereocenters. The Morgan fingerprint density at radius 3 is 2.58 bits per heavy atom. The van der Waals surface area contributed by atoms with Gasteiger partial charge in [-0.3, -0.25) is 9.59 Å². The van der Waals surface area contributed by atoms with Gasteiger partial charge in [0.25, 0.3) is 11.5 Å². The molecule has 3 rings (SSSR count). The van der Waals surface area contributed by atoms with Gasteiger partial charge in [0.05, 0.1) is 12.1 Å². The molecule has 0 saturated heterocycles. The molecule has 0 bridgehead atoms. The van der Waals surface area contributed by atoms with Crippen LogP contribution in [0.3, 0.4) is 0 Å². The highest BCUT2D eigenvalue weighted by Crippen LogP contribution is 2.19. The van der Waals surface area contributed by atoms with Gasteiger partial charge in [0.1, 0.15) is 0 Å². The molecular weight excluding hydrogens is 344 g/mol. The molecule has 132 valence electrons. The van der Waals surface area contributed by atoms with E-state index in [9.17, 15) is 9.59 Å². The van der Waals surface area contributed by atoms with Gasteiger partial charge in [-0.05, 0) is 43.0 Å². The molecular formula is C21H20N2O2S. The van der Waals surface area contributed by atoms with E-state index in [1.54, 1.807) is 28.6 Å². The lowest BCUT2D eigenvalue weighted by molar-refractivity contribution is 0.102. The highest BCUT2D eigenvalue weighted by atomic mass is 32.2. The maximum absolute atomic E-state index is 12.5. The number of carbonyl (C=O) groups is 1. The number of benzene rings is 2. The van der Waals surface area contributed by atoms with Crippen molar-refractivity contribution >= 4 is 23.4 Å². The SMILES string of the molecule is CSc1cccc(NC(=O)c2ccc(=O)n(Cc3ccc(C)cc3)c2)c1. The molecule has 0 fully saturated rings. The molecule has 1 heterocycles. The average Bonchev–Trinajstić information content (AvgIpc) is 2.65. The monoisotopic (exact) mass is 364 g/mol. The fourth-order valence-corrected chi connectivity index (χ4v) is 3.04. The zero-order valence-corrected chi connectivity index (χ0v) is 15.5. The van der Waals surface area contributed by atoms with Gasteiger partial charge in [-0.1, -0.05) is 35.9 Å². The van der Waals surface area contributed by atoms with Gasteiger partial charge in [-0.25, -0.2) is 0 Å². The Bertz CT molecular complexity index is 978. The van der Waals surface area contributed by atoms with Crippen molar-refractivity contribution in [2.24, 2.45) is 0 Å². The third-order valence-corrected chi connectivity index (χ3v) is 4.77. The fraction of sp³-hybridized carbons (Fsp3) is 0.143. The van der Waals surface area contributed by atoms with Crippen LogP contribution in [0.2, 0.25) is 0 Å². The molecule has 0 spiro atoms. The van der Waals surface area contributed by atoms with E-state index in [0.717, 1.165) is 16.1 Å². The number of hydrogen-bond donors (Lipinski definition) is 1. The quantitative estimate of drug-likeness (QED) is 0.691. The minimum atomic E-state index is -0.235. The summed E-state index contributed by atoms with van der Waals surface area (Å²) in [5.74, 6) is -0.235. The van der Waals surface area contributed by atoms with Crippen molar-refractivity contribution < 1.29 is 4.79 Å². The van der Waals surface area contributed by atoms with Gasteiger partial charge in [-0.15, -0.1) is 11.8 Å². The number of thioether (sulfide) groups is 1. The van der Waals surface area contributed by atoms with Crippen LogP contribution in [0.4, 0.5) is 5.69 Å². The standard InChI is InChI=1S/C21H20N2O2S/c1-15-6-8-16(9-7-15)13-23-14-17(10-11-20(23)24)21(25)22-18-4-3-5-19(12-18)26-2/h3-12,14H,13H2,1-2H3,(H,22,25). The highest BCUT2D eigenvalue weighted by Gasteiger charge is 2.09. The Morgan fingerprint density at radius 1 is 1.08 bits per heavy atom. The molecule has 0 aliphatic heterocycles. The van der Waals surface area contributed by atoms with Gasteiger partial charge in [0.2, 0.25) is 0 Å². The van der Waals surface area contributed by atoms with E-state index >= 15 is 0 Å². The summed E-state index contributed by atoms with van der Waals surface area (Å²) in [7, 11) is 0. The zero-order chi connectivity index (χ0) is 18.5. The second-order valence-corrected chi connectivity index (χ2v) is 6.94. The molecule has 3 aromatic rings. The number of amides is 1. The second-order valence-electron chi connectivity index (χ2n) is 6.06. The minimum Gasteiger partial charge on any atom is -0.322 e. The van der Waals surface area contributed by atoms with E-state index in [-0.39, 0.29) is 11.5 Å². The van der Waals surface area contributed by atoms with Crippen molar-refractivity contribution in [2.75, 3.05) is 11.6 Å². The van der Waals surface area contributed by atoms with Gasteiger partial charge < -0.3 is 9.88 Å². The van der Waals surface area contributed by atoms with E-state index in [1.807, 2.05) is 61.7 Å². The molecule has 0 atom stereocenters. The van der Waals surface area contributed by atoms with Crippen molar-refractivity contribution in [3.63, 3.8) is 0 Å². The Kier molecular flexibility index (Phi) is 5.58. The predicted octanol–water partition coefficient (Wildman–Crippen LogP) is 4.18. The Morgan fingerprint density at radius 2 is 1.85 bits per heavy atom. The lowest BCUT2D eigenvalue weighted by Gasteiger charge is -2.10. The van der Waals surface area contributed by atoms with Crippen LogP contribution in [-0.4, -0.2) is 16.7 Å². The smallest absolute Gasteiger partial charge is 0.257 e. The molecule has 1 amide bonds. The van der Waals surface area contributed by atoms with E-state index in [0.29, 0.717) is 12.1 Å². The number of pyridine rings is 1. The number of anilines is 1. The first kappa shape index (κ1) is 18.0. The van der Waals surface area contributed by atoms with Crippen LogP contribution in [0.1, 0.15) is 21.5 Å². The van der Waals surface area contributed by atoms with Gasteiger partial charge in [0.15, 0.2) is 0 Å². The van der Waals surface area contributed by atoms with Crippen LogP contribution >= 0.6 is 11.8 Å². The van der Waals surface area contributed by atoms with Gasteiger partial charge >= 0.3 is 0 Å². The number of nitrogens with zero attached hydrogens (tertiary/aromatic N) is 1. The lowest BCUT2D eigenvalue weighted by atomic mass is 10.1. The van der Waals surface area contributed by atoms with Crippen LogP contribution < -0.4 is 10.9 Å². The lowest BCUT2D eigenvalue weighted by Crippen LogP contribution is -2.22. The molecule has 0 saturated carbocycles. The molecule has 26 heavy (non-hydrogen) atoms. The highest BCUT2D eigenvalue weighted by molar-refractivity contribution is 7.98. The first-order valence-electron chi connectivity index (χ1n) is 8.26. The van der Waals surface area contributed by atoms with E-state index in [4.69, 9.17) is 0 Å². The van der Waals surface area contributed by atoms with E-state index < -0.39 is 0 Å². The Hall–Kier alpha value is -2.79. The van der Waals surface area contributed by atoms with Crippen molar-refractivity contribution in [3.8, 4) is 0 Å². The number of hydrogen-bond acceptors (Lipinski definition) is 3. The van der Waals surface area contributed by atoms with Crippen molar-refractivity contribution in [1.29, 1.82) is 0 Å². The maximum atomic E-state index is 12.5. The number of carbonyl (C=O) groups excluding carboxylic acids is 1. The summed E-state index contributed by atoms with van der Waals surface area (Å²) in [4.78, 5) is 25.8. The van der Waals surface area contributed by atoms with E-state index in [1.165, 1.54) is 11.6 Å². The second kappa shape index (κ2) is 8.06. The third-order valence-electron chi connectivity index (χ3n) is 4.05. The van der Waals surface area contributed by atoms with Gasteiger partial charge in [-0.2, -0.15) is 0 Å². The Labute approximate surface area is 156 Å². The number of aromatic nitrogens is 1. The topological polar surface area (TPSA) is 51.1 Å². The van der Waals surface area contributed by atoms with Crippen LogP contribution in [0, 0.1) is 6.92 Å². The molecule has 1 N–H and O–H groups in total. The molecule has 1 aromatic heterocycles. The fourth-order valence-electron chi connectivity index (χ4n) is 2.58. The molecule has 0 radical (unpaired) electrons. The minimum absolute atomic E-state index is 0.133. The Balaban J connectivity index is 1.80. The van der Waals surface area contributed by atoms with Crippen LogP contribution in [0.25, 0.3) is 0 Å². The molecule has 4 nitrogen and oxygen atoms in total. The summed E-state index contributed by atoms with van der Waals surface area (Å²) in [6.07, 6.45) is 3.60. The normalized spacial score (nSPS) is 10.5. The van der Waals surface area contributed by atoms with Crippen LogP contribution in [-0.2, 0) is 6.54 Å².